The lowest BCUT2D eigenvalue weighted by Gasteiger charge is -2.38. The highest BCUT2D eigenvalue weighted by molar-refractivity contribution is 5.85. The smallest absolute Gasteiger partial charge is 0.407 e. The molecule has 3 atom stereocenters. The zero-order valence-corrected chi connectivity index (χ0v) is 20.8. The fourth-order valence-corrected chi connectivity index (χ4v) is 5.05. The van der Waals surface area contributed by atoms with Crippen LogP contribution in [0.1, 0.15) is 43.7 Å². The molecule has 1 aliphatic heterocycles. The first-order valence-electron chi connectivity index (χ1n) is 12.6. The van der Waals surface area contributed by atoms with Crippen LogP contribution in [-0.4, -0.2) is 81.1 Å². The molecule has 1 aliphatic carbocycles. The normalized spacial score (nSPS) is 21.0. The van der Waals surface area contributed by atoms with E-state index in [1.807, 2.05) is 12.1 Å². The van der Waals surface area contributed by atoms with Crippen molar-refractivity contribution in [3.63, 3.8) is 0 Å². The number of benzene rings is 1. The number of piperidine rings is 1. The minimum absolute atomic E-state index is 0.0198. The van der Waals surface area contributed by atoms with Gasteiger partial charge in [-0.15, -0.1) is 0 Å². The summed E-state index contributed by atoms with van der Waals surface area (Å²) in [6.45, 7) is 2.44. The molecule has 0 spiro atoms. The van der Waals surface area contributed by atoms with E-state index in [9.17, 15) is 9.59 Å². The molecule has 4 rings (SSSR count). The number of aromatic nitrogens is 1. The Morgan fingerprint density at radius 3 is 2.69 bits per heavy atom. The van der Waals surface area contributed by atoms with Gasteiger partial charge < -0.3 is 34.7 Å². The Morgan fingerprint density at radius 2 is 1.91 bits per heavy atom. The molecule has 2 aromatic rings. The van der Waals surface area contributed by atoms with Crippen LogP contribution in [0.4, 0.5) is 4.79 Å². The molecule has 0 bridgehead atoms. The van der Waals surface area contributed by atoms with Gasteiger partial charge in [0.1, 0.15) is 6.61 Å². The van der Waals surface area contributed by atoms with Gasteiger partial charge in [0.05, 0.1) is 18.6 Å². The van der Waals surface area contributed by atoms with Crippen LogP contribution in [0.3, 0.4) is 0 Å². The molecule has 3 N–H and O–H groups in total. The average molecular weight is 487 g/mol. The minimum Gasteiger partial charge on any atom is -0.447 e. The molecular weight excluding hydrogens is 448 g/mol. The summed E-state index contributed by atoms with van der Waals surface area (Å²) in [6, 6.07) is 8.34. The number of hydrogen-bond acceptors (Lipinski definition) is 6. The van der Waals surface area contributed by atoms with Gasteiger partial charge in [-0.2, -0.15) is 0 Å². The maximum Gasteiger partial charge on any atom is 0.407 e. The number of H-pyrrole nitrogens is 1. The van der Waals surface area contributed by atoms with Gasteiger partial charge in [-0.1, -0.05) is 18.2 Å². The number of nitrogens with one attached hydrogen (secondary N) is 3. The third-order valence-electron chi connectivity index (χ3n) is 6.88. The van der Waals surface area contributed by atoms with Crippen LogP contribution >= 0.6 is 0 Å². The van der Waals surface area contributed by atoms with E-state index >= 15 is 0 Å². The second-order valence-corrected chi connectivity index (χ2v) is 9.48. The number of para-hydroxylation sites is 1. The number of nitrogens with zero attached hydrogens (tertiary/aromatic N) is 1. The average Bonchev–Trinajstić information content (AvgIpc) is 3.61. The van der Waals surface area contributed by atoms with Gasteiger partial charge >= 0.3 is 6.09 Å². The first-order valence-corrected chi connectivity index (χ1v) is 12.6. The summed E-state index contributed by atoms with van der Waals surface area (Å²) in [5, 5.41) is 7.40. The fourth-order valence-electron chi connectivity index (χ4n) is 5.05. The predicted octanol–water partition coefficient (Wildman–Crippen LogP) is 2.98. The number of amides is 2. The molecule has 1 saturated carbocycles. The van der Waals surface area contributed by atoms with Crippen LogP contribution in [0.15, 0.2) is 30.5 Å². The van der Waals surface area contributed by atoms with E-state index in [2.05, 4.69) is 38.8 Å². The van der Waals surface area contributed by atoms with Crippen molar-refractivity contribution in [2.45, 2.75) is 50.2 Å². The van der Waals surface area contributed by atoms with Crippen molar-refractivity contribution >= 4 is 22.9 Å². The fraction of sp³-hybridized carbons (Fsp3) is 0.615. The van der Waals surface area contributed by atoms with Gasteiger partial charge in [0, 0.05) is 63.1 Å². The Hall–Kier alpha value is -2.62. The van der Waals surface area contributed by atoms with Crippen LogP contribution in [0.2, 0.25) is 0 Å². The lowest BCUT2D eigenvalue weighted by Crippen LogP contribution is -2.53. The quantitative estimate of drug-likeness (QED) is 0.399. The second kappa shape index (κ2) is 12.4. The zero-order valence-electron chi connectivity index (χ0n) is 20.8. The Morgan fingerprint density at radius 1 is 1.11 bits per heavy atom. The maximum absolute atomic E-state index is 14.0. The van der Waals surface area contributed by atoms with E-state index in [0.717, 1.165) is 42.1 Å². The summed E-state index contributed by atoms with van der Waals surface area (Å²) in [4.78, 5) is 31.7. The number of methoxy groups -OCH3 is 2. The number of carbonyl (C=O) groups excluding carboxylic acids is 2. The number of rotatable bonds is 12. The van der Waals surface area contributed by atoms with Gasteiger partial charge in [-0.05, 0) is 43.7 Å². The summed E-state index contributed by atoms with van der Waals surface area (Å²) < 4.78 is 15.4. The Bertz CT molecular complexity index is 976. The van der Waals surface area contributed by atoms with Crippen molar-refractivity contribution in [1.82, 2.24) is 20.5 Å². The highest BCUT2D eigenvalue weighted by atomic mass is 16.6. The third kappa shape index (κ3) is 6.54. The molecule has 1 saturated heterocycles. The van der Waals surface area contributed by atoms with Gasteiger partial charge in [-0.3, -0.25) is 4.79 Å². The van der Waals surface area contributed by atoms with Crippen LogP contribution in [0.25, 0.3) is 10.9 Å². The van der Waals surface area contributed by atoms with Crippen LogP contribution in [-0.2, 0) is 19.0 Å². The molecule has 192 valence electrons. The standard InChI is InChI=1S/C26H38N4O5/c1-33-11-5-8-24(22-17-28-23-7-4-3-6-21(22)23)30(20-9-10-20)25(31)18-14-19(16-27-15-18)29-26(32)35-13-12-34-2/h3-4,6-7,17-20,24,27-28H,5,8-16H2,1-2H3,(H,29,32)/t18-,19+,24?/m0/s1. The summed E-state index contributed by atoms with van der Waals surface area (Å²) in [7, 11) is 3.28. The van der Waals surface area contributed by atoms with Crippen molar-refractivity contribution in [2.24, 2.45) is 5.92 Å². The van der Waals surface area contributed by atoms with Crippen LogP contribution in [0.5, 0.6) is 0 Å². The molecular formula is C26H38N4O5. The van der Waals surface area contributed by atoms with E-state index in [4.69, 9.17) is 14.2 Å². The number of hydrogen-bond donors (Lipinski definition) is 3. The van der Waals surface area contributed by atoms with Crippen molar-refractivity contribution < 1.29 is 23.8 Å². The molecule has 35 heavy (non-hydrogen) atoms. The molecule has 9 nitrogen and oxygen atoms in total. The highest BCUT2D eigenvalue weighted by Crippen LogP contribution is 2.40. The number of ether oxygens (including phenoxy) is 3. The van der Waals surface area contributed by atoms with Crippen molar-refractivity contribution in [3.05, 3.63) is 36.0 Å². The maximum atomic E-state index is 14.0. The molecule has 2 fully saturated rings. The minimum atomic E-state index is -0.475. The lowest BCUT2D eigenvalue weighted by atomic mass is 9.92. The molecule has 2 amide bonds. The Balaban J connectivity index is 1.50. The summed E-state index contributed by atoms with van der Waals surface area (Å²) in [6.07, 6.45) is 5.95. The Labute approximate surface area is 206 Å². The van der Waals surface area contributed by atoms with E-state index in [1.165, 1.54) is 0 Å². The lowest BCUT2D eigenvalue weighted by molar-refractivity contribution is -0.140. The highest BCUT2D eigenvalue weighted by Gasteiger charge is 2.42. The van der Waals surface area contributed by atoms with Gasteiger partial charge in [0.2, 0.25) is 5.91 Å². The molecule has 9 heteroatoms. The molecule has 2 aliphatic rings. The monoisotopic (exact) mass is 486 g/mol. The summed E-state index contributed by atoms with van der Waals surface area (Å²) >= 11 is 0. The van der Waals surface area contributed by atoms with Gasteiger partial charge in [0.15, 0.2) is 0 Å². The van der Waals surface area contributed by atoms with Crippen LogP contribution in [0, 0.1) is 5.92 Å². The topological polar surface area (TPSA) is 105 Å². The second-order valence-electron chi connectivity index (χ2n) is 9.48. The van der Waals surface area contributed by atoms with Crippen molar-refractivity contribution in [3.8, 4) is 0 Å². The molecule has 2 heterocycles. The van der Waals surface area contributed by atoms with E-state index in [-0.39, 0.29) is 36.6 Å². The summed E-state index contributed by atoms with van der Waals surface area (Å²) in [5.41, 5.74) is 2.25. The molecule has 1 unspecified atom stereocenters. The predicted molar refractivity (Wildman–Crippen MR) is 133 cm³/mol. The largest absolute Gasteiger partial charge is 0.447 e. The van der Waals surface area contributed by atoms with Gasteiger partial charge in [-0.25, -0.2) is 4.79 Å². The SMILES string of the molecule is COCCCC(c1c[nH]c2ccccc12)N(C(=O)[C@@H]1CNC[C@H](NC(=O)OCCOC)C1)C1CC1. The third-order valence-corrected chi connectivity index (χ3v) is 6.88. The number of alkyl carbamates (subject to hydrolysis) is 1. The first-order chi connectivity index (χ1) is 17.1. The van der Waals surface area contributed by atoms with Crippen LogP contribution < -0.4 is 10.6 Å². The molecule has 1 aromatic heterocycles. The molecule has 1 aromatic carbocycles. The number of aromatic amines is 1. The number of carbonyl (C=O) groups is 2. The zero-order chi connectivity index (χ0) is 24.6. The summed E-state index contributed by atoms with van der Waals surface area (Å²) in [5.74, 6) is -0.0456. The van der Waals surface area contributed by atoms with Crippen molar-refractivity contribution in [2.75, 3.05) is 47.1 Å². The van der Waals surface area contributed by atoms with Crippen molar-refractivity contribution in [1.29, 1.82) is 0 Å². The molecule has 0 radical (unpaired) electrons. The number of fused-ring (bicyclic) bond motifs is 1. The van der Waals surface area contributed by atoms with E-state index < -0.39 is 6.09 Å². The van der Waals surface area contributed by atoms with Gasteiger partial charge in [0.25, 0.3) is 0 Å². The Kier molecular flexibility index (Phi) is 9.01. The first kappa shape index (κ1) is 25.5. The van der Waals surface area contributed by atoms with E-state index in [1.54, 1.807) is 14.2 Å². The van der Waals surface area contributed by atoms with E-state index in [0.29, 0.717) is 32.7 Å².